The van der Waals surface area contributed by atoms with E-state index in [-0.39, 0.29) is 5.91 Å². The van der Waals surface area contributed by atoms with Crippen molar-refractivity contribution < 1.29 is 9.53 Å². The molecule has 1 saturated heterocycles. The quantitative estimate of drug-likeness (QED) is 0.910. The molecule has 2 heterocycles. The van der Waals surface area contributed by atoms with E-state index in [4.69, 9.17) is 4.74 Å². The molecule has 20 heavy (non-hydrogen) atoms. The molecule has 1 amide bonds. The highest BCUT2D eigenvalue weighted by Crippen LogP contribution is 2.19. The van der Waals surface area contributed by atoms with E-state index >= 15 is 0 Å². The zero-order valence-electron chi connectivity index (χ0n) is 11.7. The summed E-state index contributed by atoms with van der Waals surface area (Å²) < 4.78 is 5.35. The van der Waals surface area contributed by atoms with Crippen LogP contribution in [0.15, 0.2) is 18.5 Å². The minimum absolute atomic E-state index is 0.000454. The van der Waals surface area contributed by atoms with Crippen molar-refractivity contribution in [2.45, 2.75) is 31.7 Å². The lowest BCUT2D eigenvalue weighted by Gasteiger charge is -2.28. The zero-order valence-corrected chi connectivity index (χ0v) is 11.7. The molecule has 1 saturated carbocycles. The highest BCUT2D eigenvalue weighted by Gasteiger charge is 2.19. The number of rotatable bonds is 3. The van der Waals surface area contributed by atoms with Gasteiger partial charge in [-0.2, -0.15) is 0 Å². The maximum atomic E-state index is 12.2. The molecule has 5 heteroatoms. The Morgan fingerprint density at radius 2 is 2.00 bits per heavy atom. The van der Waals surface area contributed by atoms with E-state index < -0.39 is 0 Å². The highest BCUT2D eigenvalue weighted by atomic mass is 16.5. The minimum atomic E-state index is -0.000454. The fourth-order valence-electron chi connectivity index (χ4n) is 2.89. The third-order valence-electron chi connectivity index (χ3n) is 4.05. The van der Waals surface area contributed by atoms with Crippen LogP contribution in [0.4, 0.5) is 5.69 Å². The molecule has 0 unspecified atom stereocenters. The minimum Gasteiger partial charge on any atom is -0.378 e. The number of aromatic nitrogens is 1. The summed E-state index contributed by atoms with van der Waals surface area (Å²) in [7, 11) is 0. The highest BCUT2D eigenvalue weighted by molar-refractivity contribution is 5.95. The van der Waals surface area contributed by atoms with Crippen LogP contribution >= 0.6 is 0 Å². The third-order valence-corrected chi connectivity index (χ3v) is 4.05. The first-order valence-electron chi connectivity index (χ1n) is 7.41. The van der Waals surface area contributed by atoms with Crippen LogP contribution in [-0.2, 0) is 4.74 Å². The van der Waals surface area contributed by atoms with Crippen molar-refractivity contribution in [2.75, 3.05) is 31.2 Å². The van der Waals surface area contributed by atoms with Crippen LogP contribution in [0.5, 0.6) is 0 Å². The fourth-order valence-corrected chi connectivity index (χ4v) is 2.89. The van der Waals surface area contributed by atoms with Gasteiger partial charge in [-0.25, -0.2) is 0 Å². The molecule has 108 valence electrons. The monoisotopic (exact) mass is 275 g/mol. The maximum absolute atomic E-state index is 12.2. The van der Waals surface area contributed by atoms with Crippen LogP contribution in [0.2, 0.25) is 0 Å². The molecule has 0 aromatic carbocycles. The van der Waals surface area contributed by atoms with E-state index in [0.29, 0.717) is 11.6 Å². The number of nitrogens with one attached hydrogen (secondary N) is 1. The summed E-state index contributed by atoms with van der Waals surface area (Å²) >= 11 is 0. The van der Waals surface area contributed by atoms with Gasteiger partial charge in [-0.1, -0.05) is 12.8 Å². The number of hydrogen-bond acceptors (Lipinski definition) is 4. The molecule has 5 nitrogen and oxygen atoms in total. The molecule has 2 fully saturated rings. The second-order valence-electron chi connectivity index (χ2n) is 5.49. The number of carbonyl (C=O) groups excluding carboxylic acids is 1. The predicted octanol–water partition coefficient (Wildman–Crippen LogP) is 1.59. The Morgan fingerprint density at radius 3 is 2.75 bits per heavy atom. The lowest BCUT2D eigenvalue weighted by Crippen LogP contribution is -2.37. The van der Waals surface area contributed by atoms with Gasteiger partial charge >= 0.3 is 0 Å². The molecular formula is C15H21N3O2. The van der Waals surface area contributed by atoms with Crippen molar-refractivity contribution in [1.29, 1.82) is 0 Å². The zero-order chi connectivity index (χ0) is 13.8. The van der Waals surface area contributed by atoms with E-state index in [1.807, 2.05) is 12.3 Å². The smallest absolute Gasteiger partial charge is 0.253 e. The van der Waals surface area contributed by atoms with Crippen molar-refractivity contribution in [3.63, 3.8) is 0 Å². The summed E-state index contributed by atoms with van der Waals surface area (Å²) in [6.07, 6.45) is 8.10. The maximum Gasteiger partial charge on any atom is 0.253 e. The molecule has 2 aliphatic rings. The van der Waals surface area contributed by atoms with Gasteiger partial charge in [0.1, 0.15) is 0 Å². The van der Waals surface area contributed by atoms with Crippen LogP contribution in [0.3, 0.4) is 0 Å². The number of hydrogen-bond donors (Lipinski definition) is 1. The number of ether oxygens (including phenoxy) is 1. The van der Waals surface area contributed by atoms with E-state index in [1.165, 1.54) is 12.8 Å². The van der Waals surface area contributed by atoms with Gasteiger partial charge in [0.05, 0.1) is 30.7 Å². The van der Waals surface area contributed by atoms with Gasteiger partial charge in [-0.3, -0.25) is 9.78 Å². The van der Waals surface area contributed by atoms with Crippen molar-refractivity contribution in [3.05, 3.63) is 24.0 Å². The first kappa shape index (κ1) is 13.4. The van der Waals surface area contributed by atoms with Gasteiger partial charge in [0.15, 0.2) is 0 Å². The lowest BCUT2D eigenvalue weighted by atomic mass is 10.2. The van der Waals surface area contributed by atoms with E-state index in [0.717, 1.165) is 44.8 Å². The topological polar surface area (TPSA) is 54.5 Å². The summed E-state index contributed by atoms with van der Waals surface area (Å²) in [5, 5.41) is 3.10. The number of anilines is 1. The average Bonchev–Trinajstić information content (AvgIpc) is 3.01. The number of pyridine rings is 1. The Morgan fingerprint density at radius 1 is 1.25 bits per heavy atom. The summed E-state index contributed by atoms with van der Waals surface area (Å²) in [4.78, 5) is 18.7. The van der Waals surface area contributed by atoms with Crippen LogP contribution in [0.1, 0.15) is 36.0 Å². The van der Waals surface area contributed by atoms with E-state index in [9.17, 15) is 4.79 Å². The average molecular weight is 275 g/mol. The van der Waals surface area contributed by atoms with Crippen molar-refractivity contribution in [1.82, 2.24) is 10.3 Å². The summed E-state index contributed by atoms with van der Waals surface area (Å²) in [6, 6.07) is 2.28. The second kappa shape index (κ2) is 6.22. The molecule has 3 rings (SSSR count). The van der Waals surface area contributed by atoms with Gasteiger partial charge < -0.3 is 15.0 Å². The molecule has 0 spiro atoms. The Labute approximate surface area is 119 Å². The van der Waals surface area contributed by atoms with Crippen molar-refractivity contribution in [3.8, 4) is 0 Å². The number of carbonyl (C=O) groups is 1. The molecular weight excluding hydrogens is 254 g/mol. The molecule has 0 radical (unpaired) electrons. The van der Waals surface area contributed by atoms with E-state index in [2.05, 4.69) is 15.2 Å². The van der Waals surface area contributed by atoms with Crippen molar-refractivity contribution in [2.24, 2.45) is 0 Å². The largest absolute Gasteiger partial charge is 0.378 e. The normalized spacial score (nSPS) is 20.1. The second-order valence-corrected chi connectivity index (χ2v) is 5.49. The third kappa shape index (κ3) is 3.10. The number of amides is 1. The lowest BCUT2D eigenvalue weighted by molar-refractivity contribution is 0.0937. The predicted molar refractivity (Wildman–Crippen MR) is 77.0 cm³/mol. The Bertz CT molecular complexity index is 466. The Balaban J connectivity index is 1.67. The standard InChI is InChI=1S/C15H21N3O2/c19-15(17-13-3-1-2-4-13)12-9-14(11-16-10-12)18-5-7-20-8-6-18/h9-11,13H,1-8H2,(H,17,19). The molecule has 1 aliphatic heterocycles. The Kier molecular flexibility index (Phi) is 4.16. The molecule has 1 N–H and O–H groups in total. The van der Waals surface area contributed by atoms with Crippen molar-refractivity contribution >= 4 is 11.6 Å². The molecule has 0 atom stereocenters. The first-order chi connectivity index (χ1) is 9.83. The molecule has 0 bridgehead atoms. The van der Waals surface area contributed by atoms with Gasteiger partial charge in [0.25, 0.3) is 5.91 Å². The number of nitrogens with zero attached hydrogens (tertiary/aromatic N) is 2. The number of morpholine rings is 1. The summed E-state index contributed by atoms with van der Waals surface area (Å²) in [5.74, 6) is -0.000454. The SMILES string of the molecule is O=C(NC1CCCC1)c1cncc(N2CCOCC2)c1. The molecule has 1 aliphatic carbocycles. The first-order valence-corrected chi connectivity index (χ1v) is 7.41. The van der Waals surface area contributed by atoms with Gasteiger partial charge in [-0.15, -0.1) is 0 Å². The van der Waals surface area contributed by atoms with E-state index in [1.54, 1.807) is 6.20 Å². The van der Waals surface area contributed by atoms with Crippen LogP contribution in [0, 0.1) is 0 Å². The fraction of sp³-hybridized carbons (Fsp3) is 0.600. The Hall–Kier alpha value is -1.62. The van der Waals surface area contributed by atoms with Gasteiger partial charge in [-0.05, 0) is 18.9 Å². The molecule has 1 aromatic heterocycles. The summed E-state index contributed by atoms with van der Waals surface area (Å²) in [5.41, 5.74) is 1.66. The van der Waals surface area contributed by atoms with Crippen LogP contribution in [-0.4, -0.2) is 43.2 Å². The molecule has 1 aromatic rings. The van der Waals surface area contributed by atoms with Gasteiger partial charge in [0, 0.05) is 25.3 Å². The van der Waals surface area contributed by atoms with Crippen LogP contribution in [0.25, 0.3) is 0 Å². The summed E-state index contributed by atoms with van der Waals surface area (Å²) in [6.45, 7) is 3.18. The van der Waals surface area contributed by atoms with Gasteiger partial charge in [0.2, 0.25) is 0 Å². The van der Waals surface area contributed by atoms with Crippen LogP contribution < -0.4 is 10.2 Å².